The van der Waals surface area contributed by atoms with Gasteiger partial charge in [0.1, 0.15) is 6.10 Å². The molecule has 3 amide bonds. The zero-order valence-corrected chi connectivity index (χ0v) is 19.6. The first-order valence-electron chi connectivity index (χ1n) is 11.4. The van der Waals surface area contributed by atoms with Crippen LogP contribution in [-0.2, 0) is 20.8 Å². The Labute approximate surface area is 200 Å². The second kappa shape index (κ2) is 12.3. The molecule has 1 saturated carbocycles. The third kappa shape index (κ3) is 7.40. The highest BCUT2D eigenvalue weighted by Gasteiger charge is 2.44. The number of carbonyl (C=O) groups is 3. The van der Waals surface area contributed by atoms with Gasteiger partial charge in [-0.2, -0.15) is 0 Å². The van der Waals surface area contributed by atoms with Gasteiger partial charge in [0.25, 0.3) is 5.91 Å². The minimum atomic E-state index is -2.42. The molecule has 2 aliphatic rings. The van der Waals surface area contributed by atoms with Crippen molar-refractivity contribution in [1.82, 2.24) is 15.1 Å². The van der Waals surface area contributed by atoms with Crippen LogP contribution in [0.15, 0.2) is 30.3 Å². The summed E-state index contributed by atoms with van der Waals surface area (Å²) in [6, 6.07) is 9.41. The molecular formula is C23H35ClN4O5. The molecule has 1 aromatic rings. The maximum absolute atomic E-state index is 13.2. The Balaban J connectivity index is 0.00000385. The Bertz CT molecular complexity index is 797. The van der Waals surface area contributed by atoms with Gasteiger partial charge in [-0.15, -0.1) is 12.4 Å². The molecule has 0 spiro atoms. The number of carbonyl (C=O) groups excluding carboxylic acids is 3. The number of aliphatic hydroxyl groups excluding tert-OH is 1. The molecule has 0 radical (unpaired) electrons. The number of nitrogens with zero attached hydrogens (tertiary/aromatic N) is 2. The summed E-state index contributed by atoms with van der Waals surface area (Å²) >= 11 is 0. The predicted molar refractivity (Wildman–Crippen MR) is 125 cm³/mol. The average molecular weight is 483 g/mol. The smallest absolute Gasteiger partial charge is 0.275 e. The lowest BCUT2D eigenvalue weighted by Crippen LogP contribution is -2.64. The summed E-state index contributed by atoms with van der Waals surface area (Å²) < 4.78 is 0. The number of amides is 3. The summed E-state index contributed by atoms with van der Waals surface area (Å²) in [5, 5.41) is 23.4. The lowest BCUT2D eigenvalue weighted by molar-refractivity contribution is -0.165. The fraction of sp³-hybridized carbons (Fsp3) is 0.609. The molecule has 0 aromatic heterocycles. The maximum atomic E-state index is 13.2. The van der Waals surface area contributed by atoms with E-state index < -0.39 is 36.0 Å². The molecule has 2 fully saturated rings. The van der Waals surface area contributed by atoms with E-state index in [9.17, 15) is 24.6 Å². The molecule has 184 valence electrons. The number of nitrogens with two attached hydrogens (primary N) is 1. The molecule has 0 bridgehead atoms. The van der Waals surface area contributed by atoms with E-state index in [1.165, 1.54) is 24.2 Å². The first kappa shape index (κ1) is 27.0. The van der Waals surface area contributed by atoms with Crippen molar-refractivity contribution < 1.29 is 24.6 Å². The van der Waals surface area contributed by atoms with E-state index >= 15 is 0 Å². The van der Waals surface area contributed by atoms with Gasteiger partial charge in [-0.05, 0) is 18.4 Å². The van der Waals surface area contributed by atoms with Gasteiger partial charge in [-0.1, -0.05) is 49.6 Å². The van der Waals surface area contributed by atoms with Crippen molar-refractivity contribution in [2.24, 2.45) is 5.73 Å². The minimum Gasteiger partial charge on any atom is -0.383 e. The number of rotatable bonds is 8. The highest BCUT2D eigenvalue weighted by molar-refractivity contribution is 5.91. The first-order valence-corrected chi connectivity index (χ1v) is 11.4. The van der Waals surface area contributed by atoms with Gasteiger partial charge in [-0.3, -0.25) is 19.3 Å². The molecule has 1 saturated heterocycles. The molecule has 1 unspecified atom stereocenters. The second-order valence-corrected chi connectivity index (χ2v) is 8.81. The third-order valence-corrected chi connectivity index (χ3v) is 6.42. The average Bonchev–Trinajstić information content (AvgIpc) is 2.79. The maximum Gasteiger partial charge on any atom is 0.275 e. The quantitative estimate of drug-likeness (QED) is 0.390. The number of nitrogens with one attached hydrogen (secondary N) is 1. The van der Waals surface area contributed by atoms with Crippen molar-refractivity contribution in [2.75, 3.05) is 26.2 Å². The van der Waals surface area contributed by atoms with Crippen LogP contribution in [0.1, 0.15) is 44.1 Å². The number of hydrogen-bond donors (Lipinski definition) is 4. The van der Waals surface area contributed by atoms with Crippen LogP contribution in [0.25, 0.3) is 0 Å². The number of piperazine rings is 1. The highest BCUT2D eigenvalue weighted by Crippen LogP contribution is 2.24. The Kier molecular flexibility index (Phi) is 10.1. The van der Waals surface area contributed by atoms with E-state index in [0.717, 1.165) is 12.8 Å². The summed E-state index contributed by atoms with van der Waals surface area (Å²) in [6.45, 7) is 2.17. The van der Waals surface area contributed by atoms with E-state index in [0.29, 0.717) is 37.8 Å². The van der Waals surface area contributed by atoms with E-state index in [4.69, 9.17) is 5.73 Å². The molecule has 10 heteroatoms. The molecule has 9 nitrogen and oxygen atoms in total. The summed E-state index contributed by atoms with van der Waals surface area (Å²) in [7, 11) is 0. The van der Waals surface area contributed by atoms with Crippen LogP contribution in [0.3, 0.4) is 0 Å². The van der Waals surface area contributed by atoms with E-state index in [2.05, 4.69) is 10.2 Å². The van der Waals surface area contributed by atoms with E-state index in [1.807, 2.05) is 6.07 Å². The van der Waals surface area contributed by atoms with Gasteiger partial charge < -0.3 is 26.2 Å². The second-order valence-electron chi connectivity index (χ2n) is 8.81. The SMILES string of the molecule is Cl.NC(=O)C(O)C[C@](O)(NC(=O)Cc1ccccc1)C(=O)N1CCN(C2CCCCC2)CC1. The minimum absolute atomic E-state index is 0. The van der Waals surface area contributed by atoms with Crippen molar-refractivity contribution in [3.05, 3.63) is 35.9 Å². The summed E-state index contributed by atoms with van der Waals surface area (Å²) in [5.41, 5.74) is 3.41. The van der Waals surface area contributed by atoms with Crippen LogP contribution in [0.2, 0.25) is 0 Å². The molecule has 1 aliphatic heterocycles. The molecule has 3 rings (SSSR count). The molecule has 5 N–H and O–H groups in total. The Morgan fingerprint density at radius 3 is 2.24 bits per heavy atom. The number of primary amides is 1. The van der Waals surface area contributed by atoms with Gasteiger partial charge >= 0.3 is 0 Å². The van der Waals surface area contributed by atoms with Crippen LogP contribution < -0.4 is 11.1 Å². The van der Waals surface area contributed by atoms with Crippen LogP contribution in [-0.4, -0.2) is 81.8 Å². The van der Waals surface area contributed by atoms with E-state index in [1.54, 1.807) is 24.3 Å². The van der Waals surface area contributed by atoms with Gasteiger partial charge in [0.05, 0.1) is 6.42 Å². The molecule has 1 aliphatic carbocycles. The van der Waals surface area contributed by atoms with Gasteiger partial charge in [0.15, 0.2) is 0 Å². The van der Waals surface area contributed by atoms with E-state index in [-0.39, 0.29) is 18.8 Å². The van der Waals surface area contributed by atoms with Crippen LogP contribution in [0.4, 0.5) is 0 Å². The van der Waals surface area contributed by atoms with Crippen molar-refractivity contribution in [2.45, 2.75) is 62.8 Å². The topological polar surface area (TPSA) is 136 Å². The normalized spacial score (nSPS) is 20.2. The predicted octanol–water partition coefficient (Wildman–Crippen LogP) is 0.169. The number of hydrogen-bond acceptors (Lipinski definition) is 6. The molecule has 2 atom stereocenters. The zero-order valence-electron chi connectivity index (χ0n) is 18.8. The summed E-state index contributed by atoms with van der Waals surface area (Å²) in [5.74, 6) is -2.40. The van der Waals surface area contributed by atoms with Gasteiger partial charge in [0.2, 0.25) is 17.5 Å². The third-order valence-electron chi connectivity index (χ3n) is 6.42. The molecule has 1 aromatic carbocycles. The van der Waals surface area contributed by atoms with Crippen molar-refractivity contribution in [1.29, 1.82) is 0 Å². The van der Waals surface area contributed by atoms with Crippen LogP contribution in [0.5, 0.6) is 0 Å². The number of aliphatic hydroxyl groups is 2. The Morgan fingerprint density at radius 1 is 1.06 bits per heavy atom. The van der Waals surface area contributed by atoms with Crippen LogP contribution >= 0.6 is 12.4 Å². The van der Waals surface area contributed by atoms with Crippen molar-refractivity contribution in [3.63, 3.8) is 0 Å². The molecule has 33 heavy (non-hydrogen) atoms. The van der Waals surface area contributed by atoms with Crippen LogP contribution in [0, 0.1) is 0 Å². The van der Waals surface area contributed by atoms with Gasteiger partial charge in [0, 0.05) is 38.6 Å². The fourth-order valence-corrected chi connectivity index (χ4v) is 4.63. The zero-order chi connectivity index (χ0) is 23.1. The van der Waals surface area contributed by atoms with Crippen molar-refractivity contribution in [3.8, 4) is 0 Å². The standard InChI is InChI=1S/C23H34N4O5.ClH/c24-21(30)19(28)16-23(32,25-20(29)15-17-7-3-1-4-8-17)22(31)27-13-11-26(12-14-27)18-9-5-2-6-10-18;/h1,3-4,7-8,18-19,28,32H,2,5-6,9-16H2,(H2,24,30)(H,25,29);1H/t19?,23-;/m1./s1. The number of benzene rings is 1. The Morgan fingerprint density at radius 2 is 1.67 bits per heavy atom. The molecular weight excluding hydrogens is 448 g/mol. The van der Waals surface area contributed by atoms with Crippen molar-refractivity contribution >= 4 is 30.1 Å². The first-order chi connectivity index (χ1) is 15.3. The largest absolute Gasteiger partial charge is 0.383 e. The monoisotopic (exact) mass is 482 g/mol. The number of halogens is 1. The summed E-state index contributed by atoms with van der Waals surface area (Å²) in [6.07, 6.45) is 3.51. The lowest BCUT2D eigenvalue weighted by Gasteiger charge is -2.43. The fourth-order valence-electron chi connectivity index (χ4n) is 4.63. The summed E-state index contributed by atoms with van der Waals surface area (Å²) in [4.78, 5) is 41.1. The highest BCUT2D eigenvalue weighted by atomic mass is 35.5. The molecule has 1 heterocycles. The Hall–Kier alpha value is -2.20. The van der Waals surface area contributed by atoms with Gasteiger partial charge in [-0.25, -0.2) is 0 Å². The lowest BCUT2D eigenvalue weighted by atomic mass is 9.93.